The molecule has 1 heteroatoms. The van der Waals surface area contributed by atoms with Gasteiger partial charge in [0.25, 0.3) is 0 Å². The van der Waals surface area contributed by atoms with Crippen molar-refractivity contribution in [2.45, 2.75) is 74.7 Å². The third-order valence-electron chi connectivity index (χ3n) is 8.73. The molecule has 0 amide bonds. The first kappa shape index (κ1) is 34.8. The van der Waals surface area contributed by atoms with Crippen LogP contribution in [0.5, 0.6) is 0 Å². The summed E-state index contributed by atoms with van der Waals surface area (Å²) >= 11 is 1.46. The Morgan fingerprint density at radius 2 is 1.11 bits per heavy atom. The van der Waals surface area contributed by atoms with Crippen LogP contribution in [0.1, 0.15) is 84.1 Å². The van der Waals surface area contributed by atoms with Crippen LogP contribution >= 0.6 is 0 Å². The van der Waals surface area contributed by atoms with Crippen molar-refractivity contribution in [1.29, 1.82) is 0 Å². The Bertz CT molecular complexity index is 1660. The summed E-state index contributed by atoms with van der Waals surface area (Å²) in [6.45, 7) is 18.1. The Labute approximate surface area is 288 Å². The molecule has 5 aromatic carbocycles. The number of benzene rings is 4. The predicted octanol–water partition coefficient (Wildman–Crippen LogP) is 12.0. The van der Waals surface area contributed by atoms with Crippen LogP contribution in [0.2, 0.25) is 0 Å². The second-order valence-corrected chi connectivity index (χ2v) is 14.2. The Hall–Kier alpha value is -3.02. The molecule has 0 fully saturated rings. The molecule has 0 saturated heterocycles. The fraction of sp³-hybridized carbons (Fsp3) is 0.318. The topological polar surface area (TPSA) is 0 Å². The van der Waals surface area contributed by atoms with Gasteiger partial charge in [0.15, 0.2) is 0 Å². The standard InChI is InChI=1S/C17H17.C14H23.C13H10.Zr/c1-3-12-5-7-16-14(9-12)11-15-10-13(4-2)6-8-17(15)16;1-9(2)12-7-8-13(10(3)4)14(12)11(5)6;1-3-7-12(8-4-1)11-13-9-5-2-6-10-13;/h5-11H,3-4H2,1-2H3;9-11H,7H2,1-6H3;1-10H;/q2*-1;;+2. The van der Waals surface area contributed by atoms with Gasteiger partial charge in [-0.2, -0.15) is 11.1 Å². The van der Waals surface area contributed by atoms with Gasteiger partial charge >= 0.3 is 99.2 Å². The molecule has 1 aliphatic rings. The zero-order valence-corrected chi connectivity index (χ0v) is 31.1. The summed E-state index contributed by atoms with van der Waals surface area (Å²) in [5, 5.41) is 5.54. The Kier molecular flexibility index (Phi) is 12.8. The van der Waals surface area contributed by atoms with E-state index in [0.717, 1.165) is 19.3 Å². The fourth-order valence-electron chi connectivity index (χ4n) is 6.20. The number of allylic oxidation sites excluding steroid dienone is 4. The first-order valence-corrected chi connectivity index (χ1v) is 18.0. The van der Waals surface area contributed by atoms with E-state index in [1.54, 1.807) is 11.1 Å². The summed E-state index contributed by atoms with van der Waals surface area (Å²) in [4.78, 5) is 0. The van der Waals surface area contributed by atoms with Crippen LogP contribution in [0, 0.1) is 23.8 Å². The number of hydrogen-bond acceptors (Lipinski definition) is 0. The number of fused-ring (bicyclic) bond motifs is 3. The predicted molar refractivity (Wildman–Crippen MR) is 195 cm³/mol. The number of rotatable bonds is 7. The first-order valence-electron chi connectivity index (χ1n) is 16.8. The molecule has 230 valence electrons. The third kappa shape index (κ3) is 8.83. The van der Waals surface area contributed by atoms with Crippen LogP contribution in [0.15, 0.2) is 120 Å². The van der Waals surface area contributed by atoms with Gasteiger partial charge in [0, 0.05) is 0 Å². The summed E-state index contributed by atoms with van der Waals surface area (Å²) in [6, 6.07) is 37.1. The van der Waals surface area contributed by atoms with E-state index >= 15 is 0 Å². The maximum absolute atomic E-state index is 3.56. The van der Waals surface area contributed by atoms with E-state index in [-0.39, 0.29) is 0 Å². The molecular weight excluding hydrogens is 620 g/mol. The molecule has 0 unspecified atom stereocenters. The summed E-state index contributed by atoms with van der Waals surface area (Å²) in [6.07, 6.45) is 6.85. The number of hydrogen-bond donors (Lipinski definition) is 0. The Morgan fingerprint density at radius 1 is 0.644 bits per heavy atom. The van der Waals surface area contributed by atoms with Crippen molar-refractivity contribution in [3.63, 3.8) is 0 Å². The Morgan fingerprint density at radius 3 is 1.49 bits per heavy atom. The zero-order valence-electron chi connectivity index (χ0n) is 28.7. The monoisotopic (exact) mass is 668 g/mol. The quantitative estimate of drug-likeness (QED) is 0.151. The van der Waals surface area contributed by atoms with E-state index in [0.29, 0.717) is 17.8 Å². The van der Waals surface area contributed by atoms with Crippen molar-refractivity contribution >= 4 is 24.8 Å². The van der Waals surface area contributed by atoms with E-state index in [1.165, 1.54) is 76.8 Å². The molecule has 0 saturated carbocycles. The van der Waals surface area contributed by atoms with Crippen molar-refractivity contribution < 1.29 is 24.2 Å². The van der Waals surface area contributed by atoms with Crippen molar-refractivity contribution in [3.05, 3.63) is 148 Å². The van der Waals surface area contributed by atoms with E-state index in [2.05, 4.69) is 165 Å². The SMILES string of the molecule is CC(C)C1=[C-]CC(C(C)C)=C1C(C)C.CCc1ccc2c(c1)[cH-]c1cc(CC)ccc12.[Zr+2]=[C](c1ccccc1)c1ccccc1. The summed E-state index contributed by atoms with van der Waals surface area (Å²) in [5.41, 5.74) is 10.2. The molecule has 0 spiro atoms. The van der Waals surface area contributed by atoms with Crippen molar-refractivity contribution in [2.75, 3.05) is 0 Å². The molecule has 0 bridgehead atoms. The Balaban J connectivity index is 0.000000155. The summed E-state index contributed by atoms with van der Waals surface area (Å²) < 4.78 is 1.42. The minimum atomic E-state index is 0.628. The van der Waals surface area contributed by atoms with Crippen LogP contribution in [0.25, 0.3) is 21.5 Å². The maximum atomic E-state index is 3.56. The van der Waals surface area contributed by atoms with Crippen molar-refractivity contribution in [3.8, 4) is 0 Å². The molecule has 0 aromatic heterocycles. The van der Waals surface area contributed by atoms with E-state index < -0.39 is 0 Å². The summed E-state index contributed by atoms with van der Waals surface area (Å²) in [5.74, 6) is 1.96. The molecule has 45 heavy (non-hydrogen) atoms. The van der Waals surface area contributed by atoms with Crippen LogP contribution < -0.4 is 0 Å². The molecular formula is C44H50Zr. The van der Waals surface area contributed by atoms with Crippen LogP contribution in [0.4, 0.5) is 0 Å². The second kappa shape index (κ2) is 16.5. The summed E-state index contributed by atoms with van der Waals surface area (Å²) in [7, 11) is 0. The van der Waals surface area contributed by atoms with Crippen molar-refractivity contribution in [1.82, 2.24) is 0 Å². The van der Waals surface area contributed by atoms with Gasteiger partial charge in [0.1, 0.15) is 0 Å². The molecule has 5 aromatic rings. The van der Waals surface area contributed by atoms with E-state index in [1.807, 2.05) is 0 Å². The van der Waals surface area contributed by atoms with Gasteiger partial charge in [-0.25, -0.2) is 5.57 Å². The molecule has 0 N–H and O–H groups in total. The third-order valence-corrected chi connectivity index (χ3v) is 10.2. The van der Waals surface area contributed by atoms with Crippen LogP contribution in [-0.4, -0.2) is 3.21 Å². The molecule has 0 heterocycles. The van der Waals surface area contributed by atoms with Gasteiger partial charge in [-0.3, -0.25) is 6.08 Å². The van der Waals surface area contributed by atoms with Gasteiger partial charge in [-0.1, -0.05) is 103 Å². The van der Waals surface area contributed by atoms with Gasteiger partial charge < -0.3 is 0 Å². The average molecular weight is 670 g/mol. The molecule has 0 nitrogen and oxygen atoms in total. The molecule has 1 aliphatic carbocycles. The van der Waals surface area contributed by atoms with Gasteiger partial charge in [-0.05, 0) is 18.8 Å². The van der Waals surface area contributed by atoms with Gasteiger partial charge in [0.05, 0.1) is 0 Å². The normalized spacial score (nSPS) is 12.9. The van der Waals surface area contributed by atoms with Gasteiger partial charge in [-0.15, -0.1) is 46.2 Å². The second-order valence-electron chi connectivity index (χ2n) is 13.0. The molecule has 0 aliphatic heterocycles. The molecule has 0 radical (unpaired) electrons. The van der Waals surface area contributed by atoms with E-state index in [4.69, 9.17) is 0 Å². The van der Waals surface area contributed by atoms with Crippen molar-refractivity contribution in [2.24, 2.45) is 17.8 Å². The fourth-order valence-corrected chi connectivity index (χ4v) is 7.02. The zero-order chi connectivity index (χ0) is 32.5. The number of aryl methyl sites for hydroxylation is 2. The van der Waals surface area contributed by atoms with Crippen LogP contribution in [0.3, 0.4) is 0 Å². The van der Waals surface area contributed by atoms with Crippen LogP contribution in [-0.2, 0) is 37.1 Å². The molecule has 6 rings (SSSR count). The van der Waals surface area contributed by atoms with Gasteiger partial charge in [0.2, 0.25) is 0 Å². The molecule has 0 atom stereocenters. The first-order chi connectivity index (χ1) is 21.6. The minimum absolute atomic E-state index is 0.628. The average Bonchev–Trinajstić information content (AvgIpc) is 3.68. The van der Waals surface area contributed by atoms with E-state index in [9.17, 15) is 0 Å².